The van der Waals surface area contributed by atoms with E-state index < -0.39 is 0 Å². The summed E-state index contributed by atoms with van der Waals surface area (Å²) >= 11 is 0. The number of methoxy groups -OCH3 is 2. The first-order chi connectivity index (χ1) is 10.1. The Balaban J connectivity index is 2.03. The topological polar surface area (TPSA) is 38.8 Å². The molecule has 0 amide bonds. The third-order valence-electron chi connectivity index (χ3n) is 5.31. The fourth-order valence-corrected chi connectivity index (χ4v) is 4.07. The Hall–Kier alpha value is -1.55. The van der Waals surface area contributed by atoms with E-state index in [4.69, 9.17) is 9.47 Å². The highest BCUT2D eigenvalue weighted by atomic mass is 16.5. The molecule has 0 N–H and O–H groups in total. The number of hydrogen-bond donors (Lipinski definition) is 0. The van der Waals surface area contributed by atoms with Crippen LogP contribution < -0.4 is 9.47 Å². The highest BCUT2D eigenvalue weighted by molar-refractivity contribution is 5.81. The molecule has 0 aromatic heterocycles. The van der Waals surface area contributed by atoms with Crippen molar-refractivity contribution in [2.75, 3.05) is 27.8 Å². The van der Waals surface area contributed by atoms with Crippen molar-refractivity contribution < 1.29 is 14.3 Å². The normalized spacial score (nSPS) is 29.3. The van der Waals surface area contributed by atoms with Gasteiger partial charge in [0, 0.05) is 24.3 Å². The molecule has 1 unspecified atom stereocenters. The average Bonchev–Trinajstić information content (AvgIpc) is 2.85. The molecule has 0 bridgehead atoms. The van der Waals surface area contributed by atoms with Crippen molar-refractivity contribution in [1.29, 1.82) is 0 Å². The molecule has 0 spiro atoms. The van der Waals surface area contributed by atoms with Gasteiger partial charge >= 0.3 is 0 Å². The Morgan fingerprint density at radius 2 is 1.95 bits per heavy atom. The molecule has 21 heavy (non-hydrogen) atoms. The van der Waals surface area contributed by atoms with Gasteiger partial charge in [-0.05, 0) is 44.1 Å². The molecule has 1 aromatic rings. The SMILES string of the molecule is COc1ccc(C23CCC(=O)C[C@@H]2N(C)CC3)cc1OC. The van der Waals surface area contributed by atoms with E-state index in [2.05, 4.69) is 24.1 Å². The zero-order valence-electron chi connectivity index (χ0n) is 13.0. The summed E-state index contributed by atoms with van der Waals surface area (Å²) in [6.07, 6.45) is 3.41. The monoisotopic (exact) mass is 289 g/mol. The number of carbonyl (C=O) groups excluding carboxylic acids is 1. The fourth-order valence-electron chi connectivity index (χ4n) is 4.07. The molecule has 1 saturated heterocycles. The average molecular weight is 289 g/mol. The van der Waals surface area contributed by atoms with E-state index >= 15 is 0 Å². The molecule has 2 aliphatic rings. The lowest BCUT2D eigenvalue weighted by Crippen LogP contribution is -2.46. The summed E-state index contributed by atoms with van der Waals surface area (Å²) in [6.45, 7) is 1.05. The van der Waals surface area contributed by atoms with Crippen molar-refractivity contribution in [3.05, 3.63) is 23.8 Å². The van der Waals surface area contributed by atoms with Crippen LogP contribution in [0.15, 0.2) is 18.2 Å². The van der Waals surface area contributed by atoms with Gasteiger partial charge in [0.25, 0.3) is 0 Å². The van der Waals surface area contributed by atoms with Gasteiger partial charge < -0.3 is 14.4 Å². The molecule has 114 valence electrons. The first-order valence-electron chi connectivity index (χ1n) is 7.55. The molecule has 3 rings (SSSR count). The van der Waals surface area contributed by atoms with E-state index in [0.29, 0.717) is 24.7 Å². The number of likely N-dealkylation sites (tertiary alicyclic amines) is 1. The largest absolute Gasteiger partial charge is 0.493 e. The van der Waals surface area contributed by atoms with E-state index in [9.17, 15) is 4.79 Å². The van der Waals surface area contributed by atoms with Crippen LogP contribution >= 0.6 is 0 Å². The Morgan fingerprint density at radius 1 is 1.19 bits per heavy atom. The summed E-state index contributed by atoms with van der Waals surface area (Å²) in [7, 11) is 5.45. The van der Waals surface area contributed by atoms with Gasteiger partial charge in [-0.3, -0.25) is 4.79 Å². The fraction of sp³-hybridized carbons (Fsp3) is 0.588. The van der Waals surface area contributed by atoms with Gasteiger partial charge in [-0.2, -0.15) is 0 Å². The van der Waals surface area contributed by atoms with Crippen molar-refractivity contribution in [3.63, 3.8) is 0 Å². The number of rotatable bonds is 3. The number of carbonyl (C=O) groups is 1. The smallest absolute Gasteiger partial charge is 0.161 e. The lowest BCUT2D eigenvalue weighted by Gasteiger charge is -2.41. The highest BCUT2D eigenvalue weighted by Crippen LogP contribution is 2.48. The van der Waals surface area contributed by atoms with Gasteiger partial charge in [0.2, 0.25) is 0 Å². The summed E-state index contributed by atoms with van der Waals surface area (Å²) < 4.78 is 10.8. The van der Waals surface area contributed by atoms with Crippen LogP contribution in [0, 0.1) is 0 Å². The zero-order chi connectivity index (χ0) is 15.0. The number of ketones is 1. The van der Waals surface area contributed by atoms with Crippen LogP contribution in [0.3, 0.4) is 0 Å². The van der Waals surface area contributed by atoms with Crippen LogP contribution in [-0.2, 0) is 10.2 Å². The minimum absolute atomic E-state index is 0.0855. The Labute approximate surface area is 126 Å². The van der Waals surface area contributed by atoms with Crippen LogP contribution in [-0.4, -0.2) is 44.5 Å². The van der Waals surface area contributed by atoms with Gasteiger partial charge in [-0.25, -0.2) is 0 Å². The summed E-state index contributed by atoms with van der Waals surface area (Å²) in [5.74, 6) is 1.92. The number of likely N-dealkylation sites (N-methyl/N-ethyl adjacent to an activating group) is 1. The summed E-state index contributed by atoms with van der Waals surface area (Å²) in [5, 5.41) is 0. The molecule has 0 radical (unpaired) electrons. The lowest BCUT2D eigenvalue weighted by molar-refractivity contribution is -0.122. The van der Waals surface area contributed by atoms with Crippen LogP contribution in [0.5, 0.6) is 11.5 Å². The molecule has 2 atom stereocenters. The van der Waals surface area contributed by atoms with Gasteiger partial charge in [-0.15, -0.1) is 0 Å². The van der Waals surface area contributed by atoms with Crippen molar-refractivity contribution in [2.24, 2.45) is 0 Å². The minimum Gasteiger partial charge on any atom is -0.493 e. The van der Waals surface area contributed by atoms with E-state index in [-0.39, 0.29) is 5.41 Å². The van der Waals surface area contributed by atoms with Crippen molar-refractivity contribution in [1.82, 2.24) is 4.90 Å². The van der Waals surface area contributed by atoms with Gasteiger partial charge in [0.05, 0.1) is 14.2 Å². The number of ether oxygens (including phenoxy) is 2. The molecule has 2 fully saturated rings. The van der Waals surface area contributed by atoms with Crippen molar-refractivity contribution in [3.8, 4) is 11.5 Å². The highest BCUT2D eigenvalue weighted by Gasteiger charge is 2.50. The van der Waals surface area contributed by atoms with Crippen molar-refractivity contribution >= 4 is 5.78 Å². The second-order valence-electron chi connectivity index (χ2n) is 6.22. The van der Waals surface area contributed by atoms with E-state index in [1.54, 1.807) is 14.2 Å². The third-order valence-corrected chi connectivity index (χ3v) is 5.31. The molecule has 1 aliphatic heterocycles. The Morgan fingerprint density at radius 3 is 2.67 bits per heavy atom. The molecule has 4 heteroatoms. The third kappa shape index (κ3) is 2.22. The van der Waals surface area contributed by atoms with Gasteiger partial charge in [0.15, 0.2) is 11.5 Å². The number of fused-ring (bicyclic) bond motifs is 1. The van der Waals surface area contributed by atoms with Gasteiger partial charge in [-0.1, -0.05) is 6.07 Å². The number of hydrogen-bond acceptors (Lipinski definition) is 4. The molecule has 1 saturated carbocycles. The maximum Gasteiger partial charge on any atom is 0.161 e. The molecule has 1 heterocycles. The maximum atomic E-state index is 11.9. The molecule has 1 aliphatic carbocycles. The number of benzene rings is 1. The predicted molar refractivity (Wildman–Crippen MR) is 81.1 cm³/mol. The second-order valence-corrected chi connectivity index (χ2v) is 6.22. The molecular weight excluding hydrogens is 266 g/mol. The van der Waals surface area contributed by atoms with Crippen LogP contribution in [0.25, 0.3) is 0 Å². The predicted octanol–water partition coefficient (Wildman–Crippen LogP) is 2.40. The van der Waals surface area contributed by atoms with E-state index in [1.807, 2.05) is 6.07 Å². The van der Waals surface area contributed by atoms with Crippen LogP contribution in [0.4, 0.5) is 0 Å². The zero-order valence-corrected chi connectivity index (χ0v) is 13.0. The first kappa shape index (κ1) is 14.4. The van der Waals surface area contributed by atoms with Crippen LogP contribution in [0.1, 0.15) is 31.2 Å². The van der Waals surface area contributed by atoms with E-state index in [0.717, 1.165) is 30.9 Å². The molecular formula is C17H23NO3. The second kappa shape index (κ2) is 5.34. The quantitative estimate of drug-likeness (QED) is 0.856. The molecule has 4 nitrogen and oxygen atoms in total. The Bertz CT molecular complexity index is 557. The number of nitrogens with zero attached hydrogens (tertiary/aromatic N) is 1. The maximum absolute atomic E-state index is 11.9. The first-order valence-corrected chi connectivity index (χ1v) is 7.55. The van der Waals surface area contributed by atoms with E-state index in [1.165, 1.54) is 5.56 Å². The summed E-state index contributed by atoms with van der Waals surface area (Å²) in [5.41, 5.74) is 1.37. The lowest BCUT2D eigenvalue weighted by atomic mass is 9.66. The Kier molecular flexibility index (Phi) is 3.66. The standard InChI is InChI=1S/C17H23NO3/c1-18-9-8-17(7-6-13(19)11-16(17)18)12-4-5-14(20-2)15(10-12)21-3/h4-5,10,16H,6-9,11H2,1-3H3/t16-,17?/m0/s1. The minimum atomic E-state index is 0.0855. The van der Waals surface area contributed by atoms with Gasteiger partial charge in [0.1, 0.15) is 5.78 Å². The number of Topliss-reactive ketones (excluding diaryl/α,β-unsaturated/α-hetero) is 1. The van der Waals surface area contributed by atoms with Crippen molar-refractivity contribution in [2.45, 2.75) is 37.1 Å². The summed E-state index contributed by atoms with van der Waals surface area (Å²) in [4.78, 5) is 14.2. The molecule has 1 aromatic carbocycles. The summed E-state index contributed by atoms with van der Waals surface area (Å²) in [6, 6.07) is 6.54. The van der Waals surface area contributed by atoms with Crippen LogP contribution in [0.2, 0.25) is 0 Å².